The lowest BCUT2D eigenvalue weighted by Crippen LogP contribution is -2.45. The second kappa shape index (κ2) is 4.92. The number of hydrogen-bond donors (Lipinski definition) is 2. The lowest BCUT2D eigenvalue weighted by atomic mass is 10.1. The first-order chi connectivity index (χ1) is 8.52. The molecule has 1 heterocycles. The number of fused-ring (bicyclic) bond motifs is 1. The summed E-state index contributed by atoms with van der Waals surface area (Å²) in [6.07, 6.45) is 0. The van der Waals surface area contributed by atoms with Gasteiger partial charge in [0.2, 0.25) is 0 Å². The second-order valence-electron chi connectivity index (χ2n) is 4.88. The molecule has 2 aromatic rings. The van der Waals surface area contributed by atoms with E-state index in [0.29, 0.717) is 5.75 Å². The monoisotopic (exact) mass is 246 g/mol. The van der Waals surface area contributed by atoms with Crippen LogP contribution in [0, 0.1) is 6.92 Å². The van der Waals surface area contributed by atoms with Gasteiger partial charge in [-0.1, -0.05) is 18.2 Å². The predicted octanol–water partition coefficient (Wildman–Crippen LogP) is 1.63. The molecule has 4 nitrogen and oxygen atoms in total. The number of nitrogens with two attached hydrogens (primary N) is 1. The van der Waals surface area contributed by atoms with Crippen molar-refractivity contribution in [2.75, 3.05) is 13.2 Å². The van der Waals surface area contributed by atoms with Crippen molar-refractivity contribution in [2.45, 2.75) is 19.4 Å². The van der Waals surface area contributed by atoms with Crippen molar-refractivity contribution in [3.8, 4) is 5.75 Å². The van der Waals surface area contributed by atoms with Gasteiger partial charge in [-0.05, 0) is 26.0 Å². The van der Waals surface area contributed by atoms with Gasteiger partial charge < -0.3 is 15.6 Å². The summed E-state index contributed by atoms with van der Waals surface area (Å²) in [5, 5.41) is 10.1. The molecule has 18 heavy (non-hydrogen) atoms. The third-order valence-electron chi connectivity index (χ3n) is 2.74. The fourth-order valence-corrected chi connectivity index (χ4v) is 1.62. The quantitative estimate of drug-likeness (QED) is 0.860. The van der Waals surface area contributed by atoms with Crippen molar-refractivity contribution in [2.24, 2.45) is 5.73 Å². The van der Waals surface area contributed by atoms with Gasteiger partial charge in [0.1, 0.15) is 17.9 Å². The average Bonchev–Trinajstić information content (AvgIpc) is 2.36. The summed E-state index contributed by atoms with van der Waals surface area (Å²) in [6, 6.07) is 9.75. The average molecular weight is 246 g/mol. The molecule has 0 fully saturated rings. The van der Waals surface area contributed by atoms with E-state index >= 15 is 0 Å². The van der Waals surface area contributed by atoms with Crippen LogP contribution >= 0.6 is 0 Å². The van der Waals surface area contributed by atoms with Crippen molar-refractivity contribution < 1.29 is 9.84 Å². The van der Waals surface area contributed by atoms with Crippen LogP contribution in [0.5, 0.6) is 5.75 Å². The van der Waals surface area contributed by atoms with Crippen LogP contribution in [0.25, 0.3) is 10.9 Å². The number of aliphatic hydroxyl groups excluding tert-OH is 1. The molecule has 0 aliphatic rings. The number of para-hydroxylation sites is 1. The van der Waals surface area contributed by atoms with Gasteiger partial charge in [-0.15, -0.1) is 0 Å². The largest absolute Gasteiger partial charge is 0.489 e. The zero-order chi connectivity index (χ0) is 13.2. The molecule has 0 aliphatic heterocycles. The highest BCUT2D eigenvalue weighted by atomic mass is 16.5. The first-order valence-electron chi connectivity index (χ1n) is 5.91. The molecule has 0 amide bonds. The summed E-state index contributed by atoms with van der Waals surface area (Å²) in [4.78, 5) is 4.47. The van der Waals surface area contributed by atoms with Crippen molar-refractivity contribution in [3.63, 3.8) is 0 Å². The Morgan fingerprint density at radius 3 is 2.83 bits per heavy atom. The van der Waals surface area contributed by atoms with E-state index in [1.54, 1.807) is 6.92 Å². The Kier molecular flexibility index (Phi) is 3.50. The van der Waals surface area contributed by atoms with Gasteiger partial charge in [-0.2, -0.15) is 0 Å². The fourth-order valence-electron chi connectivity index (χ4n) is 1.62. The minimum Gasteiger partial charge on any atom is -0.489 e. The topological polar surface area (TPSA) is 68.4 Å². The molecule has 0 aliphatic carbocycles. The molecular weight excluding hydrogens is 228 g/mol. The van der Waals surface area contributed by atoms with Gasteiger partial charge in [-0.3, -0.25) is 0 Å². The molecule has 0 saturated carbocycles. The van der Waals surface area contributed by atoms with Crippen LogP contribution in [0.15, 0.2) is 30.3 Å². The van der Waals surface area contributed by atoms with Crippen LogP contribution in [-0.4, -0.2) is 28.8 Å². The lowest BCUT2D eigenvalue weighted by molar-refractivity contribution is 0.147. The summed E-state index contributed by atoms with van der Waals surface area (Å²) in [5.41, 5.74) is 6.86. The van der Waals surface area contributed by atoms with Gasteiger partial charge in [0.25, 0.3) is 0 Å². The van der Waals surface area contributed by atoms with E-state index < -0.39 is 5.54 Å². The molecule has 0 radical (unpaired) electrons. The van der Waals surface area contributed by atoms with Gasteiger partial charge in [0.15, 0.2) is 0 Å². The number of ether oxygens (including phenoxy) is 1. The van der Waals surface area contributed by atoms with E-state index in [-0.39, 0.29) is 13.2 Å². The number of aryl methyl sites for hydroxylation is 1. The summed E-state index contributed by atoms with van der Waals surface area (Å²) < 4.78 is 5.68. The number of nitrogens with zero attached hydrogens (tertiary/aromatic N) is 1. The smallest absolute Gasteiger partial charge is 0.145 e. The molecule has 96 valence electrons. The Bertz CT molecular complexity index is 552. The zero-order valence-corrected chi connectivity index (χ0v) is 10.7. The Hall–Kier alpha value is -1.65. The summed E-state index contributed by atoms with van der Waals surface area (Å²) in [5.74, 6) is 0.696. The van der Waals surface area contributed by atoms with Crippen LogP contribution in [0.2, 0.25) is 0 Å². The second-order valence-corrected chi connectivity index (χ2v) is 4.88. The van der Waals surface area contributed by atoms with Crippen LogP contribution in [0.3, 0.4) is 0 Å². The van der Waals surface area contributed by atoms with Crippen LogP contribution in [-0.2, 0) is 0 Å². The molecular formula is C14H18N2O2. The van der Waals surface area contributed by atoms with Gasteiger partial charge in [-0.25, -0.2) is 4.98 Å². The number of rotatable bonds is 4. The molecule has 4 heteroatoms. The molecule has 1 unspecified atom stereocenters. The molecule has 1 atom stereocenters. The highest BCUT2D eigenvalue weighted by Gasteiger charge is 2.18. The summed E-state index contributed by atoms with van der Waals surface area (Å²) >= 11 is 0. The molecule has 0 spiro atoms. The number of benzene rings is 1. The first-order valence-corrected chi connectivity index (χ1v) is 5.91. The van der Waals surface area contributed by atoms with Crippen LogP contribution in [0.1, 0.15) is 12.6 Å². The Morgan fingerprint density at radius 2 is 2.11 bits per heavy atom. The van der Waals surface area contributed by atoms with Crippen LogP contribution < -0.4 is 10.5 Å². The predicted molar refractivity (Wildman–Crippen MR) is 71.7 cm³/mol. The minimum absolute atomic E-state index is 0.121. The van der Waals surface area contributed by atoms with Gasteiger partial charge in [0, 0.05) is 11.1 Å². The maximum absolute atomic E-state index is 9.11. The highest BCUT2D eigenvalue weighted by molar-refractivity contribution is 5.84. The van der Waals surface area contributed by atoms with E-state index in [1.807, 2.05) is 37.3 Å². The third kappa shape index (κ3) is 2.78. The maximum atomic E-state index is 9.11. The van der Waals surface area contributed by atoms with E-state index in [1.165, 1.54) is 0 Å². The SMILES string of the molecule is Cc1ccc2cccc(OCC(C)(N)CO)c2n1. The summed E-state index contributed by atoms with van der Waals surface area (Å²) in [7, 11) is 0. The molecule has 3 N–H and O–H groups in total. The number of aliphatic hydroxyl groups is 1. The minimum atomic E-state index is -0.744. The van der Waals surface area contributed by atoms with Gasteiger partial charge in [0.05, 0.1) is 12.1 Å². The third-order valence-corrected chi connectivity index (χ3v) is 2.74. The Morgan fingerprint density at radius 1 is 1.33 bits per heavy atom. The molecule has 1 aromatic carbocycles. The lowest BCUT2D eigenvalue weighted by Gasteiger charge is -2.22. The van der Waals surface area contributed by atoms with Crippen molar-refractivity contribution in [1.82, 2.24) is 4.98 Å². The summed E-state index contributed by atoms with van der Waals surface area (Å²) in [6.45, 7) is 3.82. The highest BCUT2D eigenvalue weighted by Crippen LogP contribution is 2.24. The van der Waals surface area contributed by atoms with E-state index in [2.05, 4.69) is 4.98 Å². The zero-order valence-electron chi connectivity index (χ0n) is 10.7. The van der Waals surface area contributed by atoms with E-state index in [4.69, 9.17) is 15.6 Å². The molecule has 1 aromatic heterocycles. The number of hydrogen-bond acceptors (Lipinski definition) is 4. The maximum Gasteiger partial charge on any atom is 0.145 e. The van der Waals surface area contributed by atoms with E-state index in [0.717, 1.165) is 16.6 Å². The number of pyridine rings is 1. The molecule has 0 bridgehead atoms. The van der Waals surface area contributed by atoms with Crippen molar-refractivity contribution in [1.29, 1.82) is 0 Å². The molecule has 2 rings (SSSR count). The normalized spacial score (nSPS) is 14.4. The van der Waals surface area contributed by atoms with E-state index in [9.17, 15) is 0 Å². The number of aromatic nitrogens is 1. The molecule has 0 saturated heterocycles. The first kappa shape index (κ1) is 12.8. The Balaban J connectivity index is 2.30. The standard InChI is InChI=1S/C14H18N2O2/c1-10-6-7-11-4-3-5-12(13(11)16-10)18-9-14(2,15)8-17/h3-7,17H,8-9,15H2,1-2H3. The fraction of sp³-hybridized carbons (Fsp3) is 0.357. The Labute approximate surface area is 106 Å². The van der Waals surface area contributed by atoms with Gasteiger partial charge >= 0.3 is 0 Å². The van der Waals surface area contributed by atoms with Crippen molar-refractivity contribution in [3.05, 3.63) is 36.0 Å². The van der Waals surface area contributed by atoms with Crippen molar-refractivity contribution >= 4 is 10.9 Å². The van der Waals surface area contributed by atoms with Crippen LogP contribution in [0.4, 0.5) is 0 Å².